The fraction of sp³-hybridized carbons (Fsp3) is 0.286. The van der Waals surface area contributed by atoms with Gasteiger partial charge >= 0.3 is 0 Å². The summed E-state index contributed by atoms with van der Waals surface area (Å²) in [4.78, 5) is 14.6. The lowest BCUT2D eigenvalue weighted by Gasteiger charge is -2.33. The van der Waals surface area contributed by atoms with Gasteiger partial charge in [-0.25, -0.2) is 0 Å². The molecule has 4 heteroatoms. The predicted molar refractivity (Wildman–Crippen MR) is 102 cm³/mol. The van der Waals surface area contributed by atoms with Crippen molar-refractivity contribution in [3.63, 3.8) is 0 Å². The van der Waals surface area contributed by atoms with Crippen molar-refractivity contribution in [2.45, 2.75) is 31.8 Å². The van der Waals surface area contributed by atoms with Crippen LogP contribution in [0.15, 0.2) is 54.6 Å². The van der Waals surface area contributed by atoms with Crippen LogP contribution in [0.4, 0.5) is 0 Å². The van der Waals surface area contributed by atoms with E-state index in [-0.39, 0.29) is 11.9 Å². The zero-order valence-electron chi connectivity index (χ0n) is 14.3. The Morgan fingerprint density at radius 1 is 1.20 bits per heavy atom. The van der Waals surface area contributed by atoms with Gasteiger partial charge in [-0.05, 0) is 48.1 Å². The first-order valence-electron chi connectivity index (χ1n) is 8.69. The number of aryl methyl sites for hydroxylation is 1. The summed E-state index contributed by atoms with van der Waals surface area (Å²) in [5.74, 6) is 0.159. The molecule has 0 fully saturated rings. The van der Waals surface area contributed by atoms with Gasteiger partial charge in [0, 0.05) is 35.9 Å². The lowest BCUT2D eigenvalue weighted by Crippen LogP contribution is -2.43. The second-order valence-corrected chi connectivity index (χ2v) is 7.24. The number of fused-ring (bicyclic) bond motifs is 3. The first kappa shape index (κ1) is 16.2. The number of rotatable bonds is 3. The Bertz CT molecular complexity index is 913. The van der Waals surface area contributed by atoms with Crippen molar-refractivity contribution in [3.8, 4) is 0 Å². The zero-order valence-corrected chi connectivity index (χ0v) is 15.0. The van der Waals surface area contributed by atoms with Crippen LogP contribution in [0.3, 0.4) is 0 Å². The molecule has 25 heavy (non-hydrogen) atoms. The maximum absolute atomic E-state index is 12.7. The molecule has 0 saturated heterocycles. The van der Waals surface area contributed by atoms with Gasteiger partial charge in [0.1, 0.15) is 0 Å². The van der Waals surface area contributed by atoms with E-state index >= 15 is 0 Å². The molecule has 3 aromatic rings. The molecular formula is C21H21ClN2O. The lowest BCUT2D eigenvalue weighted by atomic mass is 10.0. The van der Waals surface area contributed by atoms with Gasteiger partial charge in [-0.3, -0.25) is 4.79 Å². The van der Waals surface area contributed by atoms with Crippen molar-refractivity contribution >= 4 is 28.4 Å². The van der Waals surface area contributed by atoms with Gasteiger partial charge in [-0.1, -0.05) is 41.9 Å². The number of carbonyl (C=O) groups is 1. The minimum absolute atomic E-state index is 0.159. The van der Waals surface area contributed by atoms with Crippen molar-refractivity contribution in [2.24, 2.45) is 0 Å². The van der Waals surface area contributed by atoms with E-state index in [4.69, 9.17) is 11.6 Å². The van der Waals surface area contributed by atoms with E-state index in [1.807, 2.05) is 36.2 Å². The minimum Gasteiger partial charge on any atom is -0.343 e. The molecule has 2 aromatic carbocycles. The Morgan fingerprint density at radius 3 is 2.76 bits per heavy atom. The number of hydrogen-bond acceptors (Lipinski definition) is 1. The molecule has 0 spiro atoms. The monoisotopic (exact) mass is 352 g/mol. The number of likely N-dealkylation sites (N-methyl/N-ethyl adjacent to an activating group) is 1. The fourth-order valence-corrected chi connectivity index (χ4v) is 3.85. The molecule has 1 aliphatic rings. The van der Waals surface area contributed by atoms with Crippen LogP contribution in [0, 0.1) is 0 Å². The number of halogens is 1. The zero-order chi connectivity index (χ0) is 17.4. The van der Waals surface area contributed by atoms with Gasteiger partial charge in [0.25, 0.3) is 0 Å². The highest BCUT2D eigenvalue weighted by molar-refractivity contribution is 6.30. The summed E-state index contributed by atoms with van der Waals surface area (Å²) in [6, 6.07) is 18.5. The number of nitrogens with zero attached hydrogens (tertiary/aromatic N) is 2. The number of benzene rings is 2. The van der Waals surface area contributed by atoms with Crippen LogP contribution >= 0.6 is 11.6 Å². The molecule has 4 rings (SSSR count). The molecule has 0 bridgehead atoms. The van der Waals surface area contributed by atoms with E-state index in [0.29, 0.717) is 11.4 Å². The largest absolute Gasteiger partial charge is 0.343 e. The summed E-state index contributed by atoms with van der Waals surface area (Å²) in [5.41, 5.74) is 3.64. The van der Waals surface area contributed by atoms with Crippen LogP contribution in [-0.4, -0.2) is 28.5 Å². The van der Waals surface area contributed by atoms with Gasteiger partial charge in [0.05, 0.1) is 6.42 Å². The predicted octanol–water partition coefficient (Wildman–Crippen LogP) is 4.31. The Morgan fingerprint density at radius 2 is 1.96 bits per heavy atom. The molecule has 128 valence electrons. The molecule has 0 saturated carbocycles. The quantitative estimate of drug-likeness (QED) is 0.689. The third kappa shape index (κ3) is 3.16. The third-order valence-corrected chi connectivity index (χ3v) is 5.49. The molecule has 2 heterocycles. The molecule has 3 nitrogen and oxygen atoms in total. The van der Waals surface area contributed by atoms with Gasteiger partial charge in [-0.2, -0.15) is 0 Å². The first-order valence-corrected chi connectivity index (χ1v) is 9.07. The summed E-state index contributed by atoms with van der Waals surface area (Å²) in [5, 5.41) is 1.98. The Kier molecular flexibility index (Phi) is 4.26. The third-order valence-electron chi connectivity index (χ3n) is 5.23. The van der Waals surface area contributed by atoms with Crippen LogP contribution in [0.5, 0.6) is 0 Å². The minimum atomic E-state index is 0.159. The van der Waals surface area contributed by atoms with E-state index in [9.17, 15) is 4.79 Å². The standard InChI is InChI=1S/C21H21ClN2O/c1-23(21(25)12-15-6-8-17(22)9-7-15)19-11-10-18-13-16-4-2-3-5-20(16)24(18)14-19/h2-9,13,19H,10-12,14H2,1H3/t19-/m1/s1. The maximum Gasteiger partial charge on any atom is 0.227 e. The van der Waals surface area contributed by atoms with Gasteiger partial charge < -0.3 is 9.47 Å². The molecular weight excluding hydrogens is 332 g/mol. The van der Waals surface area contributed by atoms with E-state index < -0.39 is 0 Å². The molecule has 1 amide bonds. The summed E-state index contributed by atoms with van der Waals surface area (Å²) in [6.07, 6.45) is 2.44. The topological polar surface area (TPSA) is 25.2 Å². The van der Waals surface area contributed by atoms with Crippen LogP contribution in [0.25, 0.3) is 10.9 Å². The smallest absolute Gasteiger partial charge is 0.227 e. The second kappa shape index (κ2) is 6.57. The van der Waals surface area contributed by atoms with Crippen LogP contribution in [0.1, 0.15) is 17.7 Å². The highest BCUT2D eigenvalue weighted by Crippen LogP contribution is 2.27. The van der Waals surface area contributed by atoms with Gasteiger partial charge in [0.2, 0.25) is 5.91 Å². The Hall–Kier alpha value is -2.26. The highest BCUT2D eigenvalue weighted by Gasteiger charge is 2.26. The van der Waals surface area contributed by atoms with Gasteiger partial charge in [0.15, 0.2) is 0 Å². The van der Waals surface area contributed by atoms with E-state index in [1.54, 1.807) is 0 Å². The Labute approximate surface area is 152 Å². The molecule has 0 aliphatic carbocycles. The summed E-state index contributed by atoms with van der Waals surface area (Å²) in [6.45, 7) is 0.867. The molecule has 1 aromatic heterocycles. The Balaban J connectivity index is 1.50. The van der Waals surface area contributed by atoms with Crippen molar-refractivity contribution in [2.75, 3.05) is 7.05 Å². The van der Waals surface area contributed by atoms with Crippen molar-refractivity contribution in [1.29, 1.82) is 0 Å². The average Bonchev–Trinajstić information content (AvgIpc) is 3.01. The molecule has 0 radical (unpaired) electrons. The molecule has 1 atom stereocenters. The van der Waals surface area contributed by atoms with E-state index in [1.165, 1.54) is 16.6 Å². The molecule has 0 N–H and O–H groups in total. The van der Waals surface area contributed by atoms with E-state index in [2.05, 4.69) is 34.9 Å². The number of hydrogen-bond donors (Lipinski definition) is 0. The number of aromatic nitrogens is 1. The molecule has 1 aliphatic heterocycles. The van der Waals surface area contributed by atoms with Gasteiger partial charge in [-0.15, -0.1) is 0 Å². The van der Waals surface area contributed by atoms with Crippen molar-refractivity contribution < 1.29 is 4.79 Å². The lowest BCUT2D eigenvalue weighted by molar-refractivity contribution is -0.131. The average molecular weight is 353 g/mol. The highest BCUT2D eigenvalue weighted by atomic mass is 35.5. The van der Waals surface area contributed by atoms with Crippen LogP contribution < -0.4 is 0 Å². The van der Waals surface area contributed by atoms with Crippen LogP contribution in [0.2, 0.25) is 5.02 Å². The van der Waals surface area contributed by atoms with Crippen molar-refractivity contribution in [1.82, 2.24) is 9.47 Å². The number of carbonyl (C=O) groups excluding carboxylic acids is 1. The summed E-state index contributed by atoms with van der Waals surface area (Å²) >= 11 is 5.92. The fourth-order valence-electron chi connectivity index (χ4n) is 3.73. The second-order valence-electron chi connectivity index (χ2n) is 6.81. The summed E-state index contributed by atoms with van der Waals surface area (Å²) < 4.78 is 2.37. The van der Waals surface area contributed by atoms with E-state index in [0.717, 1.165) is 24.9 Å². The van der Waals surface area contributed by atoms with Crippen molar-refractivity contribution in [3.05, 3.63) is 70.9 Å². The number of para-hydroxylation sites is 1. The number of amides is 1. The normalized spacial score (nSPS) is 16.6. The van der Waals surface area contributed by atoms with Crippen LogP contribution in [-0.2, 0) is 24.2 Å². The molecule has 0 unspecified atom stereocenters. The maximum atomic E-state index is 12.7. The summed E-state index contributed by atoms with van der Waals surface area (Å²) in [7, 11) is 1.93. The first-order chi connectivity index (χ1) is 12.1. The SMILES string of the molecule is CN(C(=O)Cc1ccc(Cl)cc1)[C@@H]1CCc2cc3ccccc3n2C1.